The molecule has 1 saturated carbocycles. The Morgan fingerprint density at radius 2 is 1.69 bits per heavy atom. The van der Waals surface area contributed by atoms with Crippen LogP contribution in [0.15, 0.2) is 0 Å². The minimum atomic E-state index is -3.28. The molecule has 1 aliphatic rings. The molecule has 1 aliphatic carbocycles. The normalized spacial score (nSPS) is 28.0. The van der Waals surface area contributed by atoms with Crippen molar-refractivity contribution in [1.82, 2.24) is 0 Å². The molecule has 0 radical (unpaired) electrons. The van der Waals surface area contributed by atoms with Gasteiger partial charge in [-0.2, -0.15) is 8.42 Å². The van der Waals surface area contributed by atoms with Crippen molar-refractivity contribution < 1.29 is 12.6 Å². The molecule has 0 unspecified atom stereocenters. The first-order chi connectivity index (χ1) is 7.24. The summed E-state index contributed by atoms with van der Waals surface area (Å²) in [4.78, 5) is 0. The van der Waals surface area contributed by atoms with Gasteiger partial charge >= 0.3 is 0 Å². The molecule has 0 atom stereocenters. The Morgan fingerprint density at radius 3 is 2.06 bits per heavy atom. The maximum Gasteiger partial charge on any atom is 0.264 e. The molecule has 1 rings (SSSR count). The minimum Gasteiger partial charge on any atom is -0.267 e. The summed E-state index contributed by atoms with van der Waals surface area (Å²) >= 11 is 0. The van der Waals surface area contributed by atoms with Gasteiger partial charge in [0.1, 0.15) is 0 Å². The Labute approximate surface area is 99.7 Å². The number of hydrogen-bond acceptors (Lipinski definition) is 3. The van der Waals surface area contributed by atoms with Crippen LogP contribution in [0.2, 0.25) is 0 Å². The van der Waals surface area contributed by atoms with Gasteiger partial charge in [-0.25, -0.2) is 0 Å². The zero-order chi connectivity index (χ0) is 12.4. The highest BCUT2D eigenvalue weighted by Gasteiger charge is 2.32. The molecule has 1 fully saturated rings. The van der Waals surface area contributed by atoms with Gasteiger partial charge in [0.2, 0.25) is 0 Å². The first-order valence-corrected chi connectivity index (χ1v) is 7.94. The highest BCUT2D eigenvalue weighted by molar-refractivity contribution is 7.86. The Balaban J connectivity index is 2.46. The SMILES string of the molecule is CCC(C)(C)C1CCC(OS(C)(=O)=O)CC1. The quantitative estimate of drug-likeness (QED) is 0.718. The summed E-state index contributed by atoms with van der Waals surface area (Å²) in [5.41, 5.74) is 0.371. The van der Waals surface area contributed by atoms with E-state index in [9.17, 15) is 8.42 Å². The molecule has 0 amide bonds. The Kier molecular flexibility index (Phi) is 4.41. The molecule has 0 aromatic carbocycles. The summed E-state index contributed by atoms with van der Waals surface area (Å²) in [7, 11) is -3.28. The predicted octanol–water partition coefficient (Wildman–Crippen LogP) is 2.96. The van der Waals surface area contributed by atoms with Crippen LogP contribution < -0.4 is 0 Å². The monoisotopic (exact) mass is 248 g/mol. The van der Waals surface area contributed by atoms with Gasteiger partial charge in [-0.05, 0) is 37.0 Å². The lowest BCUT2D eigenvalue weighted by Gasteiger charge is -2.38. The van der Waals surface area contributed by atoms with E-state index in [1.165, 1.54) is 6.42 Å². The van der Waals surface area contributed by atoms with Crippen molar-refractivity contribution in [2.45, 2.75) is 59.0 Å². The average molecular weight is 248 g/mol. The molecule has 0 aliphatic heterocycles. The standard InChI is InChI=1S/C12H24O3S/c1-5-12(2,3)10-6-8-11(9-7-10)15-16(4,13)14/h10-11H,5-9H2,1-4H3. The van der Waals surface area contributed by atoms with Crippen LogP contribution in [0.4, 0.5) is 0 Å². The van der Waals surface area contributed by atoms with E-state index in [1.807, 2.05) is 0 Å². The van der Waals surface area contributed by atoms with Gasteiger partial charge in [0, 0.05) is 0 Å². The first kappa shape index (κ1) is 14.0. The van der Waals surface area contributed by atoms with Gasteiger partial charge in [0.25, 0.3) is 10.1 Å². The summed E-state index contributed by atoms with van der Waals surface area (Å²) in [5, 5.41) is 0. The summed E-state index contributed by atoms with van der Waals surface area (Å²) in [5.74, 6) is 0.705. The van der Waals surface area contributed by atoms with E-state index < -0.39 is 10.1 Å². The lowest BCUT2D eigenvalue weighted by molar-refractivity contribution is 0.0822. The van der Waals surface area contributed by atoms with Crippen molar-refractivity contribution in [3.05, 3.63) is 0 Å². The van der Waals surface area contributed by atoms with E-state index >= 15 is 0 Å². The fourth-order valence-corrected chi connectivity index (χ4v) is 3.16. The molecule has 0 aromatic rings. The highest BCUT2D eigenvalue weighted by atomic mass is 32.2. The third kappa shape index (κ3) is 4.06. The molecule has 0 spiro atoms. The van der Waals surface area contributed by atoms with E-state index in [0.29, 0.717) is 11.3 Å². The minimum absolute atomic E-state index is 0.0843. The van der Waals surface area contributed by atoms with E-state index in [-0.39, 0.29) is 6.10 Å². The van der Waals surface area contributed by atoms with Crippen LogP contribution in [0.3, 0.4) is 0 Å². The molecule has 0 saturated heterocycles. The third-order valence-corrected chi connectivity index (χ3v) is 4.62. The topological polar surface area (TPSA) is 43.4 Å². The van der Waals surface area contributed by atoms with E-state index in [0.717, 1.165) is 31.9 Å². The second-order valence-corrected chi connectivity index (χ2v) is 7.22. The predicted molar refractivity (Wildman–Crippen MR) is 65.7 cm³/mol. The molecule has 3 nitrogen and oxygen atoms in total. The van der Waals surface area contributed by atoms with E-state index in [4.69, 9.17) is 4.18 Å². The van der Waals surface area contributed by atoms with E-state index in [1.54, 1.807) is 0 Å². The van der Waals surface area contributed by atoms with Gasteiger partial charge in [0.05, 0.1) is 12.4 Å². The van der Waals surface area contributed by atoms with Crippen molar-refractivity contribution in [1.29, 1.82) is 0 Å². The molecule has 0 N–H and O–H groups in total. The van der Waals surface area contributed by atoms with Gasteiger partial charge in [-0.1, -0.05) is 27.2 Å². The lowest BCUT2D eigenvalue weighted by atomic mass is 9.69. The molecule has 0 bridgehead atoms. The van der Waals surface area contributed by atoms with Crippen molar-refractivity contribution in [3.63, 3.8) is 0 Å². The van der Waals surface area contributed by atoms with Crippen LogP contribution in [0.5, 0.6) is 0 Å². The maximum atomic E-state index is 11.0. The van der Waals surface area contributed by atoms with Crippen LogP contribution in [0, 0.1) is 11.3 Å². The molecule has 0 aromatic heterocycles. The second kappa shape index (κ2) is 5.05. The number of rotatable bonds is 4. The van der Waals surface area contributed by atoms with Crippen LogP contribution in [0.25, 0.3) is 0 Å². The lowest BCUT2D eigenvalue weighted by Crippen LogP contribution is -2.31. The van der Waals surface area contributed by atoms with E-state index in [2.05, 4.69) is 20.8 Å². The molecule has 96 valence electrons. The van der Waals surface area contributed by atoms with Crippen molar-refractivity contribution in [3.8, 4) is 0 Å². The summed E-state index contributed by atoms with van der Waals surface area (Å²) < 4.78 is 27.1. The molecule has 4 heteroatoms. The zero-order valence-corrected chi connectivity index (χ0v) is 11.6. The molecular weight excluding hydrogens is 224 g/mol. The number of hydrogen-bond donors (Lipinski definition) is 0. The van der Waals surface area contributed by atoms with Gasteiger partial charge in [-0.15, -0.1) is 0 Å². The Hall–Kier alpha value is -0.0900. The van der Waals surface area contributed by atoms with Crippen molar-refractivity contribution in [2.75, 3.05) is 6.26 Å². The van der Waals surface area contributed by atoms with Crippen LogP contribution in [-0.2, 0) is 14.3 Å². The summed E-state index contributed by atoms with van der Waals surface area (Å²) in [6.45, 7) is 6.82. The fourth-order valence-electron chi connectivity index (χ4n) is 2.48. The summed E-state index contributed by atoms with van der Waals surface area (Å²) in [6.07, 6.45) is 6.15. The van der Waals surface area contributed by atoms with Crippen LogP contribution in [-0.4, -0.2) is 20.8 Å². The summed E-state index contributed by atoms with van der Waals surface area (Å²) in [6, 6.07) is 0. The van der Waals surface area contributed by atoms with Crippen LogP contribution >= 0.6 is 0 Å². The Bertz CT molecular complexity index is 311. The van der Waals surface area contributed by atoms with Crippen molar-refractivity contribution >= 4 is 10.1 Å². The second-order valence-electron chi connectivity index (χ2n) is 5.62. The fraction of sp³-hybridized carbons (Fsp3) is 1.00. The molecular formula is C12H24O3S. The van der Waals surface area contributed by atoms with Crippen LogP contribution in [0.1, 0.15) is 52.9 Å². The average Bonchev–Trinajstić information content (AvgIpc) is 2.16. The van der Waals surface area contributed by atoms with Gasteiger partial charge < -0.3 is 0 Å². The smallest absolute Gasteiger partial charge is 0.264 e. The Morgan fingerprint density at radius 1 is 1.19 bits per heavy atom. The van der Waals surface area contributed by atoms with Gasteiger partial charge in [0.15, 0.2) is 0 Å². The largest absolute Gasteiger partial charge is 0.267 e. The maximum absolute atomic E-state index is 11.0. The first-order valence-electron chi connectivity index (χ1n) is 6.13. The van der Waals surface area contributed by atoms with Gasteiger partial charge in [-0.3, -0.25) is 4.18 Å². The highest BCUT2D eigenvalue weighted by Crippen LogP contribution is 2.41. The zero-order valence-electron chi connectivity index (χ0n) is 10.8. The molecule has 0 heterocycles. The van der Waals surface area contributed by atoms with Crippen molar-refractivity contribution in [2.24, 2.45) is 11.3 Å². The third-order valence-electron chi connectivity index (χ3n) is 4.00. The molecule has 16 heavy (non-hydrogen) atoms.